The van der Waals surface area contributed by atoms with E-state index in [1.807, 2.05) is 0 Å². The molecule has 3 aliphatic heterocycles. The number of aliphatic hydroxyl groups excluding tert-OH is 1. The van der Waals surface area contributed by atoms with Gasteiger partial charge in [0.05, 0.1) is 49.2 Å². The number of carbonyl (C=O) groups is 2. The smallest absolute Gasteiger partial charge is 0.303 e. The fourth-order valence-electron chi connectivity index (χ4n) is 14.7. The molecule has 0 aromatic heterocycles. The number of hydrogen-bond donors (Lipinski definition) is 3. The highest BCUT2D eigenvalue weighted by Crippen LogP contribution is 2.89. The Bertz CT molecular complexity index is 1380. The van der Waals surface area contributed by atoms with Gasteiger partial charge in [-0.2, -0.15) is 0 Å². The molecule has 282 valence electrons. The van der Waals surface area contributed by atoms with Crippen LogP contribution in [0.15, 0.2) is 0 Å². The summed E-state index contributed by atoms with van der Waals surface area (Å²) in [5.74, 6) is 1.13. The number of rotatable bonds is 6. The Morgan fingerprint density at radius 3 is 2.46 bits per heavy atom. The highest BCUT2D eigenvalue weighted by atomic mass is 16.7. The van der Waals surface area contributed by atoms with Crippen molar-refractivity contribution in [3.05, 3.63) is 0 Å². The van der Waals surface area contributed by atoms with Gasteiger partial charge < -0.3 is 34.5 Å². The van der Waals surface area contributed by atoms with E-state index in [1.54, 1.807) is 13.8 Å². The fourth-order valence-corrected chi connectivity index (χ4v) is 14.7. The summed E-state index contributed by atoms with van der Waals surface area (Å²) in [7, 11) is 0. The maximum absolute atomic E-state index is 12.6. The molecule has 10 heteroatoms. The maximum atomic E-state index is 12.6. The van der Waals surface area contributed by atoms with Gasteiger partial charge >= 0.3 is 5.97 Å². The van der Waals surface area contributed by atoms with E-state index in [0.29, 0.717) is 31.4 Å². The Labute approximate surface area is 299 Å². The lowest BCUT2D eigenvalue weighted by molar-refractivity contribution is -0.250. The van der Waals surface area contributed by atoms with Crippen LogP contribution in [0.4, 0.5) is 0 Å². The van der Waals surface area contributed by atoms with Crippen molar-refractivity contribution < 1.29 is 38.7 Å². The number of aliphatic hydroxyl groups is 2. The van der Waals surface area contributed by atoms with Gasteiger partial charge in [-0.15, -0.1) is 0 Å². The summed E-state index contributed by atoms with van der Waals surface area (Å²) in [5, 5.41) is 26.6. The first-order valence-electron chi connectivity index (χ1n) is 19.9. The van der Waals surface area contributed by atoms with Crippen molar-refractivity contribution in [1.29, 1.82) is 0 Å². The normalized spacial score (nSPS) is 51.7. The van der Waals surface area contributed by atoms with Crippen LogP contribution in [0.1, 0.15) is 113 Å². The van der Waals surface area contributed by atoms with Crippen molar-refractivity contribution >= 4 is 11.9 Å². The van der Waals surface area contributed by atoms with E-state index >= 15 is 0 Å². The molecule has 0 aromatic carbocycles. The van der Waals surface area contributed by atoms with E-state index in [-0.39, 0.29) is 69.4 Å². The van der Waals surface area contributed by atoms with E-state index in [1.165, 1.54) is 19.8 Å². The molecule has 3 unspecified atom stereocenters. The van der Waals surface area contributed by atoms with E-state index in [9.17, 15) is 19.8 Å². The number of amides is 1. The summed E-state index contributed by atoms with van der Waals surface area (Å²) in [5.41, 5.74) is -1.15. The zero-order valence-electron chi connectivity index (χ0n) is 31.8. The van der Waals surface area contributed by atoms with Crippen LogP contribution in [0.3, 0.4) is 0 Å². The van der Waals surface area contributed by atoms with Crippen LogP contribution in [-0.2, 0) is 28.5 Å². The highest BCUT2D eigenvalue weighted by Gasteiger charge is 2.84. The second kappa shape index (κ2) is 11.6. The minimum absolute atomic E-state index is 0.0132. The van der Waals surface area contributed by atoms with Crippen LogP contribution in [0.5, 0.6) is 0 Å². The molecule has 8 aliphatic rings. The molecule has 8 rings (SSSR count). The summed E-state index contributed by atoms with van der Waals surface area (Å²) in [6.07, 6.45) is 7.04. The van der Waals surface area contributed by atoms with Crippen molar-refractivity contribution in [3.8, 4) is 0 Å². The quantitative estimate of drug-likeness (QED) is 0.345. The summed E-state index contributed by atoms with van der Waals surface area (Å²) in [6, 6.07) is -0.0709. The SMILES string of the molecule is CC(=O)O[C@@H]([C@H]1CC(C)C2[C@H](O1)[C@H](O)[C@@]1(C)[C@@H]3CC[C@H]4C(C)(C)[C@@H](O[C@H]5CN(C6CCNC6=O)CCO5)CC[C@@]45C[C@@]35CC[C@]21C)C(C)(C)O. The van der Waals surface area contributed by atoms with Gasteiger partial charge in [-0.3, -0.25) is 14.5 Å². The largest absolute Gasteiger partial charge is 0.457 e. The predicted molar refractivity (Wildman–Crippen MR) is 186 cm³/mol. The minimum Gasteiger partial charge on any atom is -0.457 e. The van der Waals surface area contributed by atoms with Crippen LogP contribution >= 0.6 is 0 Å². The molecule has 5 aliphatic carbocycles. The van der Waals surface area contributed by atoms with Gasteiger partial charge in [0, 0.05) is 25.4 Å². The lowest BCUT2D eigenvalue weighted by Gasteiger charge is -2.64. The van der Waals surface area contributed by atoms with Crippen LogP contribution in [0, 0.1) is 50.7 Å². The van der Waals surface area contributed by atoms with Crippen molar-refractivity contribution in [1.82, 2.24) is 10.2 Å². The molecule has 0 radical (unpaired) electrons. The number of hydrogen-bond acceptors (Lipinski definition) is 9. The zero-order chi connectivity index (χ0) is 35.8. The fraction of sp³-hybridized carbons (Fsp3) is 0.950. The average Bonchev–Trinajstić information content (AvgIpc) is 3.44. The Morgan fingerprint density at radius 1 is 1.06 bits per heavy atom. The maximum Gasteiger partial charge on any atom is 0.303 e. The monoisotopic (exact) mass is 700 g/mol. The first-order chi connectivity index (χ1) is 23.4. The molecule has 3 heterocycles. The van der Waals surface area contributed by atoms with Crippen molar-refractivity contribution in [3.63, 3.8) is 0 Å². The molecule has 5 saturated carbocycles. The number of nitrogens with zero attached hydrogens (tertiary/aromatic N) is 1. The van der Waals surface area contributed by atoms with E-state index in [2.05, 4.69) is 44.8 Å². The van der Waals surface area contributed by atoms with Gasteiger partial charge in [-0.05, 0) is 117 Å². The van der Waals surface area contributed by atoms with Gasteiger partial charge in [-0.1, -0.05) is 34.6 Å². The second-order valence-electron chi connectivity index (χ2n) is 19.8. The van der Waals surface area contributed by atoms with Crippen molar-refractivity contribution in [2.24, 2.45) is 50.7 Å². The highest BCUT2D eigenvalue weighted by molar-refractivity contribution is 5.83. The average molecular weight is 701 g/mol. The van der Waals surface area contributed by atoms with Crippen LogP contribution in [0.25, 0.3) is 0 Å². The first-order valence-corrected chi connectivity index (χ1v) is 19.9. The Balaban J connectivity index is 1.02. The zero-order valence-corrected chi connectivity index (χ0v) is 31.8. The van der Waals surface area contributed by atoms with Gasteiger partial charge in [-0.25, -0.2) is 0 Å². The van der Waals surface area contributed by atoms with Gasteiger partial charge in [0.15, 0.2) is 12.4 Å². The number of ether oxygens (including phenoxy) is 4. The third-order valence-corrected chi connectivity index (χ3v) is 16.9. The van der Waals surface area contributed by atoms with Crippen LogP contribution in [-0.4, -0.2) is 102 Å². The first kappa shape index (κ1) is 35.7. The topological polar surface area (TPSA) is 127 Å². The molecule has 8 fully saturated rings. The number of esters is 1. The predicted octanol–water partition coefficient (Wildman–Crippen LogP) is 4.43. The lowest BCUT2D eigenvalue weighted by Crippen LogP contribution is -2.60. The van der Waals surface area contributed by atoms with Crippen molar-refractivity contribution in [2.45, 2.75) is 162 Å². The van der Waals surface area contributed by atoms with E-state index < -0.39 is 29.9 Å². The van der Waals surface area contributed by atoms with Crippen LogP contribution in [0.2, 0.25) is 0 Å². The summed E-state index contributed by atoms with van der Waals surface area (Å²) in [4.78, 5) is 26.8. The van der Waals surface area contributed by atoms with E-state index in [0.717, 1.165) is 51.6 Å². The molecule has 3 N–H and O–H groups in total. The van der Waals surface area contributed by atoms with Crippen molar-refractivity contribution in [2.75, 3.05) is 26.2 Å². The standard InChI is InChI=1S/C40H64N2O8/c1-22-19-25(33(36(5,6)46)48-23(2)43)49-31-30(22)37(7)14-15-40-21-39(40)13-11-28(35(3,4)26(39)9-10-27(40)38(37,8)32(31)44)50-29-20-42(17-18-47-29)24-12-16-41-34(24)45/h22,24-33,44,46H,9-21H2,1-8H3,(H,41,45)/t22?,24?,25-,26+,27+,28+,29+,30?,31+,32+,33+,37-,38-,39-,40+/m1/s1. The number of fused-ring (bicyclic) bond motifs is 4. The summed E-state index contributed by atoms with van der Waals surface area (Å²) >= 11 is 0. The molecule has 1 amide bonds. The molecule has 10 nitrogen and oxygen atoms in total. The Hall–Kier alpha value is -1.30. The Morgan fingerprint density at radius 2 is 1.78 bits per heavy atom. The second-order valence-corrected chi connectivity index (χ2v) is 19.8. The molecule has 15 atom stereocenters. The number of morpholine rings is 1. The third kappa shape index (κ3) is 4.79. The third-order valence-electron chi connectivity index (χ3n) is 16.9. The molecule has 50 heavy (non-hydrogen) atoms. The van der Waals surface area contributed by atoms with Crippen LogP contribution < -0.4 is 5.32 Å². The molecular weight excluding hydrogens is 636 g/mol. The lowest BCUT2D eigenvalue weighted by atomic mass is 9.41. The number of carbonyl (C=O) groups excluding carboxylic acids is 2. The molecule has 0 aromatic rings. The minimum atomic E-state index is -1.26. The summed E-state index contributed by atoms with van der Waals surface area (Å²) in [6.45, 7) is 19.5. The summed E-state index contributed by atoms with van der Waals surface area (Å²) < 4.78 is 25.6. The Kier molecular flexibility index (Phi) is 8.29. The molecule has 2 spiro atoms. The molecule has 3 saturated heterocycles. The molecule has 0 bridgehead atoms. The number of nitrogens with one attached hydrogen (secondary N) is 1. The van der Waals surface area contributed by atoms with E-state index in [4.69, 9.17) is 18.9 Å². The van der Waals surface area contributed by atoms with Gasteiger partial charge in [0.1, 0.15) is 0 Å². The molecular formula is C40H64N2O8. The van der Waals surface area contributed by atoms with Gasteiger partial charge in [0.25, 0.3) is 0 Å². The van der Waals surface area contributed by atoms with Gasteiger partial charge in [0.2, 0.25) is 5.91 Å².